The summed E-state index contributed by atoms with van der Waals surface area (Å²) >= 11 is 1.40. The van der Waals surface area contributed by atoms with Gasteiger partial charge >= 0.3 is 0 Å². The van der Waals surface area contributed by atoms with Crippen LogP contribution in [0.4, 0.5) is 0 Å². The van der Waals surface area contributed by atoms with Crippen molar-refractivity contribution in [2.75, 3.05) is 0 Å². The predicted molar refractivity (Wildman–Crippen MR) is 64.0 cm³/mol. The summed E-state index contributed by atoms with van der Waals surface area (Å²) in [4.78, 5) is 13.5. The van der Waals surface area contributed by atoms with Crippen LogP contribution in [0, 0.1) is 6.92 Å². The van der Waals surface area contributed by atoms with Crippen LogP contribution in [-0.2, 0) is 0 Å². The highest BCUT2D eigenvalue weighted by Crippen LogP contribution is 2.16. The highest BCUT2D eigenvalue weighted by atomic mass is 32.1. The molecule has 1 aromatic rings. The molecule has 0 radical (unpaired) electrons. The van der Waals surface area contributed by atoms with E-state index in [1.165, 1.54) is 11.3 Å². The average molecular weight is 241 g/mol. The Kier molecular flexibility index (Phi) is 3.54. The number of amides is 1. The minimum atomic E-state index is -0.871. The number of amidine groups is 1. The van der Waals surface area contributed by atoms with Gasteiger partial charge in [0.15, 0.2) is 5.84 Å². The second kappa shape index (κ2) is 4.52. The number of thiophene rings is 1. The van der Waals surface area contributed by atoms with E-state index in [4.69, 9.17) is 10.9 Å². The van der Waals surface area contributed by atoms with E-state index in [-0.39, 0.29) is 11.7 Å². The molecule has 5 nitrogen and oxygen atoms in total. The summed E-state index contributed by atoms with van der Waals surface area (Å²) in [5.41, 5.74) is 4.60. The predicted octanol–water partition coefficient (Wildman–Crippen LogP) is 1.31. The van der Waals surface area contributed by atoms with E-state index in [0.29, 0.717) is 4.88 Å². The van der Waals surface area contributed by atoms with E-state index >= 15 is 0 Å². The van der Waals surface area contributed by atoms with Crippen molar-refractivity contribution in [2.24, 2.45) is 10.9 Å². The molecule has 4 N–H and O–H groups in total. The van der Waals surface area contributed by atoms with Crippen molar-refractivity contribution in [2.45, 2.75) is 26.3 Å². The Bertz CT molecular complexity index is 423. The standard InChI is InChI=1S/C10H15N3O2S/c1-6-4-5-7(16-6)8(14)12-10(2,3)9(11)13-15/h4-5,15H,1-3H3,(H2,11,13)(H,12,14). The maximum Gasteiger partial charge on any atom is 0.262 e. The van der Waals surface area contributed by atoms with E-state index in [1.54, 1.807) is 19.9 Å². The molecule has 1 amide bonds. The Morgan fingerprint density at radius 2 is 2.19 bits per heavy atom. The Labute approximate surface area is 98.0 Å². The van der Waals surface area contributed by atoms with Crippen LogP contribution in [0.25, 0.3) is 0 Å². The molecule has 0 aliphatic heterocycles. The van der Waals surface area contributed by atoms with E-state index < -0.39 is 5.54 Å². The van der Waals surface area contributed by atoms with Gasteiger partial charge in [-0.1, -0.05) is 5.16 Å². The largest absolute Gasteiger partial charge is 0.409 e. The molecule has 0 saturated heterocycles. The molecule has 6 heteroatoms. The second-order valence-corrected chi connectivity index (χ2v) is 5.26. The van der Waals surface area contributed by atoms with E-state index in [2.05, 4.69) is 10.5 Å². The first-order valence-corrected chi connectivity index (χ1v) is 5.55. The Hall–Kier alpha value is -1.56. The van der Waals surface area contributed by atoms with Crippen molar-refractivity contribution < 1.29 is 10.0 Å². The Morgan fingerprint density at radius 1 is 1.56 bits per heavy atom. The third kappa shape index (κ3) is 2.73. The first kappa shape index (κ1) is 12.5. The fourth-order valence-corrected chi connectivity index (χ4v) is 1.85. The van der Waals surface area contributed by atoms with E-state index in [0.717, 1.165) is 4.88 Å². The van der Waals surface area contributed by atoms with Crippen LogP contribution in [-0.4, -0.2) is 22.5 Å². The summed E-state index contributed by atoms with van der Waals surface area (Å²) in [5.74, 6) is -0.260. The average Bonchev–Trinajstić information content (AvgIpc) is 2.63. The zero-order valence-electron chi connectivity index (χ0n) is 9.44. The van der Waals surface area contributed by atoms with Crippen LogP contribution in [0.15, 0.2) is 17.3 Å². The molecular formula is C10H15N3O2S. The van der Waals surface area contributed by atoms with Gasteiger partial charge in [0.1, 0.15) is 0 Å². The number of hydrogen-bond donors (Lipinski definition) is 3. The second-order valence-electron chi connectivity index (χ2n) is 3.97. The van der Waals surface area contributed by atoms with Crippen molar-refractivity contribution in [3.8, 4) is 0 Å². The normalized spacial score (nSPS) is 12.6. The maximum absolute atomic E-state index is 11.8. The van der Waals surface area contributed by atoms with Crippen molar-refractivity contribution in [3.63, 3.8) is 0 Å². The highest BCUT2D eigenvalue weighted by molar-refractivity contribution is 7.13. The van der Waals surface area contributed by atoms with Gasteiger partial charge in [0.2, 0.25) is 0 Å². The van der Waals surface area contributed by atoms with Crippen LogP contribution in [0.3, 0.4) is 0 Å². The fraction of sp³-hybridized carbons (Fsp3) is 0.400. The number of carbonyl (C=O) groups excluding carboxylic acids is 1. The summed E-state index contributed by atoms with van der Waals surface area (Å²) in [6.07, 6.45) is 0. The van der Waals surface area contributed by atoms with Crippen LogP contribution in [0.2, 0.25) is 0 Å². The van der Waals surface area contributed by atoms with E-state index in [9.17, 15) is 4.79 Å². The summed E-state index contributed by atoms with van der Waals surface area (Å²) in [5, 5.41) is 14.2. The van der Waals surface area contributed by atoms with Crippen LogP contribution in [0.5, 0.6) is 0 Å². The fourth-order valence-electron chi connectivity index (χ4n) is 1.09. The number of rotatable bonds is 3. The monoisotopic (exact) mass is 241 g/mol. The van der Waals surface area contributed by atoms with Crippen LogP contribution in [0.1, 0.15) is 28.4 Å². The number of nitrogens with two attached hydrogens (primary N) is 1. The summed E-state index contributed by atoms with van der Waals surface area (Å²) < 4.78 is 0. The zero-order valence-corrected chi connectivity index (χ0v) is 10.3. The molecule has 1 rings (SSSR count). The van der Waals surface area contributed by atoms with Gasteiger partial charge in [-0.3, -0.25) is 4.79 Å². The number of hydrogen-bond acceptors (Lipinski definition) is 4. The summed E-state index contributed by atoms with van der Waals surface area (Å²) in [7, 11) is 0. The Morgan fingerprint density at radius 3 is 2.62 bits per heavy atom. The third-order valence-electron chi connectivity index (χ3n) is 2.14. The molecule has 0 aliphatic rings. The molecule has 0 bridgehead atoms. The van der Waals surface area contributed by atoms with Gasteiger partial charge in [-0.25, -0.2) is 0 Å². The first-order chi connectivity index (χ1) is 7.36. The quantitative estimate of drug-likeness (QED) is 0.323. The molecule has 0 aliphatic carbocycles. The molecule has 0 unspecified atom stereocenters. The molecule has 0 atom stereocenters. The van der Waals surface area contributed by atoms with Gasteiger partial charge < -0.3 is 16.3 Å². The van der Waals surface area contributed by atoms with Gasteiger partial charge in [0.05, 0.1) is 10.4 Å². The van der Waals surface area contributed by atoms with Crippen molar-refractivity contribution in [3.05, 3.63) is 21.9 Å². The van der Waals surface area contributed by atoms with Crippen molar-refractivity contribution in [1.29, 1.82) is 0 Å². The minimum absolute atomic E-state index is 0.0332. The molecule has 0 aromatic carbocycles. The number of oxime groups is 1. The number of nitrogens with one attached hydrogen (secondary N) is 1. The lowest BCUT2D eigenvalue weighted by molar-refractivity contribution is 0.0935. The topological polar surface area (TPSA) is 87.7 Å². The number of aryl methyl sites for hydroxylation is 1. The van der Waals surface area contributed by atoms with Gasteiger partial charge in [-0.05, 0) is 32.9 Å². The molecule has 88 valence electrons. The summed E-state index contributed by atoms with van der Waals surface area (Å²) in [6, 6.07) is 3.62. The number of carbonyl (C=O) groups is 1. The zero-order chi connectivity index (χ0) is 12.3. The van der Waals surface area contributed by atoms with Crippen LogP contribution >= 0.6 is 11.3 Å². The molecule has 0 fully saturated rings. The molecular weight excluding hydrogens is 226 g/mol. The lowest BCUT2D eigenvalue weighted by Crippen LogP contribution is -2.53. The molecule has 16 heavy (non-hydrogen) atoms. The minimum Gasteiger partial charge on any atom is -0.409 e. The van der Waals surface area contributed by atoms with E-state index in [1.807, 2.05) is 13.0 Å². The molecule has 0 saturated carbocycles. The van der Waals surface area contributed by atoms with Gasteiger partial charge in [-0.2, -0.15) is 0 Å². The number of nitrogens with zero attached hydrogens (tertiary/aromatic N) is 1. The van der Waals surface area contributed by atoms with Gasteiger partial charge in [0.25, 0.3) is 5.91 Å². The third-order valence-corrected chi connectivity index (χ3v) is 3.14. The van der Waals surface area contributed by atoms with Crippen molar-refractivity contribution >= 4 is 23.1 Å². The van der Waals surface area contributed by atoms with Crippen LogP contribution < -0.4 is 11.1 Å². The lowest BCUT2D eigenvalue weighted by atomic mass is 10.0. The van der Waals surface area contributed by atoms with Crippen molar-refractivity contribution in [1.82, 2.24) is 5.32 Å². The molecule has 1 aromatic heterocycles. The molecule has 0 spiro atoms. The summed E-state index contributed by atoms with van der Waals surface area (Å²) in [6.45, 7) is 5.26. The smallest absolute Gasteiger partial charge is 0.262 e. The maximum atomic E-state index is 11.8. The first-order valence-electron chi connectivity index (χ1n) is 4.74. The van der Waals surface area contributed by atoms with Gasteiger partial charge in [-0.15, -0.1) is 11.3 Å². The SMILES string of the molecule is Cc1ccc(C(=O)NC(C)(C)/C(N)=N/O)s1. The van der Waals surface area contributed by atoms with Gasteiger partial charge in [0, 0.05) is 4.88 Å². The lowest BCUT2D eigenvalue weighted by Gasteiger charge is -2.24. The highest BCUT2D eigenvalue weighted by Gasteiger charge is 2.26. The Balaban J connectivity index is 2.79. The molecule has 1 heterocycles.